The summed E-state index contributed by atoms with van der Waals surface area (Å²) in [6.07, 6.45) is 6.83. The number of carbonyl (C=O) groups is 1. The highest BCUT2D eigenvalue weighted by Crippen LogP contribution is 2.28. The first-order valence-corrected chi connectivity index (χ1v) is 10.8. The maximum absolute atomic E-state index is 13.1. The Morgan fingerprint density at radius 2 is 1.89 bits per heavy atom. The first-order valence-electron chi connectivity index (χ1n) is 10.8. The molecule has 0 spiro atoms. The molecule has 1 amide bonds. The van der Waals surface area contributed by atoms with Gasteiger partial charge in [0.05, 0.1) is 5.56 Å². The van der Waals surface area contributed by atoms with Crippen LogP contribution in [-0.4, -0.2) is 89.2 Å². The number of piperazine rings is 1. The van der Waals surface area contributed by atoms with Crippen LogP contribution in [0, 0.1) is 5.92 Å². The summed E-state index contributed by atoms with van der Waals surface area (Å²) < 4.78 is 2.11. The summed E-state index contributed by atoms with van der Waals surface area (Å²) in [5, 5.41) is 9.36. The number of carbonyl (C=O) groups excluding carboxylic acids is 1. The summed E-state index contributed by atoms with van der Waals surface area (Å²) in [5.74, 6) is 0.590. The summed E-state index contributed by atoms with van der Waals surface area (Å²) in [7, 11) is 2.19. The van der Waals surface area contributed by atoms with Crippen molar-refractivity contribution in [3.8, 4) is 0 Å². The Morgan fingerprint density at radius 3 is 2.50 bits per heavy atom. The number of likely N-dealkylation sites (N-methyl/N-ethyl adjacent to an activating group) is 1. The first kappa shape index (κ1) is 21.3. The maximum Gasteiger partial charge on any atom is 0.255 e. The molecule has 0 bridgehead atoms. The highest BCUT2D eigenvalue weighted by Gasteiger charge is 2.36. The molecule has 3 rings (SSSR count). The van der Waals surface area contributed by atoms with Crippen LogP contribution in [0.15, 0.2) is 18.5 Å². The fourth-order valence-corrected chi connectivity index (χ4v) is 4.60. The van der Waals surface area contributed by atoms with Crippen molar-refractivity contribution in [2.45, 2.75) is 51.6 Å². The molecule has 2 saturated heterocycles. The maximum atomic E-state index is 13.1. The Bertz CT molecular complexity index is 643. The quantitative estimate of drug-likeness (QED) is 0.837. The lowest BCUT2D eigenvalue weighted by atomic mass is 9.86. The molecule has 0 saturated carbocycles. The van der Waals surface area contributed by atoms with Crippen molar-refractivity contribution in [1.82, 2.24) is 19.3 Å². The Labute approximate surface area is 170 Å². The number of nitrogens with zero attached hydrogens (tertiary/aromatic N) is 4. The van der Waals surface area contributed by atoms with Gasteiger partial charge < -0.3 is 19.5 Å². The summed E-state index contributed by atoms with van der Waals surface area (Å²) in [4.78, 5) is 20.2. The van der Waals surface area contributed by atoms with E-state index < -0.39 is 0 Å². The molecule has 6 heteroatoms. The van der Waals surface area contributed by atoms with Crippen molar-refractivity contribution in [3.05, 3.63) is 24.0 Å². The van der Waals surface area contributed by atoms with E-state index in [0.717, 1.165) is 64.1 Å². The zero-order chi connectivity index (χ0) is 20.3. The molecule has 6 nitrogen and oxygen atoms in total. The Morgan fingerprint density at radius 1 is 1.18 bits per heavy atom. The van der Waals surface area contributed by atoms with Gasteiger partial charge >= 0.3 is 0 Å². The number of hydrogen-bond donors (Lipinski definition) is 1. The van der Waals surface area contributed by atoms with Crippen LogP contribution >= 0.6 is 0 Å². The number of aliphatic hydroxyl groups is 1. The van der Waals surface area contributed by atoms with Crippen LogP contribution in [0.3, 0.4) is 0 Å². The number of aliphatic hydroxyl groups excluding tert-OH is 1. The van der Waals surface area contributed by atoms with E-state index in [1.807, 2.05) is 23.4 Å². The van der Waals surface area contributed by atoms with Crippen LogP contribution in [0.25, 0.3) is 0 Å². The van der Waals surface area contributed by atoms with Gasteiger partial charge in [0.25, 0.3) is 5.91 Å². The molecular weight excluding hydrogens is 352 g/mol. The van der Waals surface area contributed by atoms with Gasteiger partial charge in [0.2, 0.25) is 0 Å². The van der Waals surface area contributed by atoms with Crippen molar-refractivity contribution in [2.75, 3.05) is 52.9 Å². The van der Waals surface area contributed by atoms with Crippen LogP contribution in [0.1, 0.15) is 50.4 Å². The van der Waals surface area contributed by atoms with Gasteiger partial charge in [-0.3, -0.25) is 9.69 Å². The SMILES string of the molecule is CN1CCN([C@@H]2CCN(C(=O)c3ccn(C(C)(C)C)c3)C[C@@H]2CCCO)CC1. The van der Waals surface area contributed by atoms with E-state index in [1.54, 1.807) is 0 Å². The third kappa shape index (κ3) is 4.97. The van der Waals surface area contributed by atoms with Crippen molar-refractivity contribution in [2.24, 2.45) is 5.92 Å². The van der Waals surface area contributed by atoms with Crippen molar-refractivity contribution in [3.63, 3.8) is 0 Å². The minimum atomic E-state index is -0.0173. The molecule has 1 N–H and O–H groups in total. The van der Waals surface area contributed by atoms with E-state index in [2.05, 4.69) is 42.2 Å². The highest BCUT2D eigenvalue weighted by atomic mass is 16.3. The lowest BCUT2D eigenvalue weighted by molar-refractivity contribution is 0.0218. The van der Waals surface area contributed by atoms with Crippen molar-refractivity contribution >= 4 is 5.91 Å². The Balaban J connectivity index is 1.67. The van der Waals surface area contributed by atoms with Crippen LogP contribution in [0.4, 0.5) is 0 Å². The molecule has 2 fully saturated rings. The molecule has 2 atom stereocenters. The second-order valence-electron chi connectivity index (χ2n) is 9.55. The monoisotopic (exact) mass is 390 g/mol. The topological polar surface area (TPSA) is 52.0 Å². The van der Waals surface area contributed by atoms with Gasteiger partial charge in [0.1, 0.15) is 0 Å². The van der Waals surface area contributed by atoms with Gasteiger partial charge in [-0.05, 0) is 59.1 Å². The second kappa shape index (κ2) is 8.97. The molecule has 0 unspecified atom stereocenters. The molecular formula is C22H38N4O2. The molecule has 0 radical (unpaired) electrons. The number of aromatic nitrogens is 1. The van der Waals surface area contributed by atoms with Gasteiger partial charge in [-0.15, -0.1) is 0 Å². The van der Waals surface area contributed by atoms with Gasteiger partial charge in [-0.25, -0.2) is 0 Å². The zero-order valence-corrected chi connectivity index (χ0v) is 18.1. The van der Waals surface area contributed by atoms with Gasteiger partial charge in [-0.1, -0.05) is 0 Å². The van der Waals surface area contributed by atoms with Crippen molar-refractivity contribution in [1.29, 1.82) is 0 Å². The number of rotatable bonds is 5. The fourth-order valence-electron chi connectivity index (χ4n) is 4.60. The first-order chi connectivity index (χ1) is 13.3. The molecule has 28 heavy (non-hydrogen) atoms. The number of piperidine rings is 1. The molecule has 158 valence electrons. The summed E-state index contributed by atoms with van der Waals surface area (Å²) in [6, 6.07) is 2.48. The average molecular weight is 391 g/mol. The Kier molecular flexibility index (Phi) is 6.84. The van der Waals surface area contributed by atoms with Gasteiger partial charge in [0, 0.05) is 69.8 Å². The molecule has 0 aliphatic carbocycles. The molecule has 1 aromatic rings. The minimum absolute atomic E-state index is 0.0173. The molecule has 1 aromatic heterocycles. The van der Waals surface area contributed by atoms with Crippen LogP contribution in [0.5, 0.6) is 0 Å². The zero-order valence-electron chi connectivity index (χ0n) is 18.1. The van der Waals surface area contributed by atoms with Crippen LogP contribution in [0.2, 0.25) is 0 Å². The third-order valence-corrected chi connectivity index (χ3v) is 6.44. The van der Waals surface area contributed by atoms with E-state index in [4.69, 9.17) is 0 Å². The molecule has 3 heterocycles. The molecule has 2 aliphatic heterocycles. The van der Waals surface area contributed by atoms with E-state index in [1.165, 1.54) is 0 Å². The number of amides is 1. The van der Waals surface area contributed by atoms with E-state index in [-0.39, 0.29) is 18.1 Å². The van der Waals surface area contributed by atoms with E-state index in [9.17, 15) is 9.90 Å². The average Bonchev–Trinajstić information content (AvgIpc) is 3.17. The van der Waals surface area contributed by atoms with E-state index >= 15 is 0 Å². The molecule has 0 aromatic carbocycles. The van der Waals surface area contributed by atoms with Gasteiger partial charge in [-0.2, -0.15) is 0 Å². The normalized spacial score (nSPS) is 25.2. The lowest BCUT2D eigenvalue weighted by Gasteiger charge is -2.46. The third-order valence-electron chi connectivity index (χ3n) is 6.44. The largest absolute Gasteiger partial charge is 0.396 e. The second-order valence-corrected chi connectivity index (χ2v) is 9.55. The lowest BCUT2D eigenvalue weighted by Crippen LogP contribution is -2.56. The fraction of sp³-hybridized carbons (Fsp3) is 0.773. The standard InChI is InChI=1S/C22H38N4O2/c1-22(2,3)26-10-7-19(17-26)21(28)25-9-8-20(18(16-25)6-5-15-27)24-13-11-23(4)12-14-24/h7,10,17-18,20,27H,5-6,8-9,11-16H2,1-4H3/t18-,20+/m0/s1. The van der Waals surface area contributed by atoms with Crippen LogP contribution in [-0.2, 0) is 5.54 Å². The highest BCUT2D eigenvalue weighted by molar-refractivity contribution is 5.94. The molecule has 2 aliphatic rings. The predicted molar refractivity (Wildman–Crippen MR) is 113 cm³/mol. The summed E-state index contributed by atoms with van der Waals surface area (Å²) in [6.45, 7) is 12.8. The van der Waals surface area contributed by atoms with E-state index in [0.29, 0.717) is 12.0 Å². The predicted octanol–water partition coefficient (Wildman–Crippen LogP) is 2.09. The van der Waals surface area contributed by atoms with Crippen molar-refractivity contribution < 1.29 is 9.90 Å². The van der Waals surface area contributed by atoms with Gasteiger partial charge in [0.15, 0.2) is 0 Å². The minimum Gasteiger partial charge on any atom is -0.396 e. The summed E-state index contributed by atoms with van der Waals surface area (Å²) >= 11 is 0. The Hall–Kier alpha value is -1.37. The number of hydrogen-bond acceptors (Lipinski definition) is 4. The number of likely N-dealkylation sites (tertiary alicyclic amines) is 1. The smallest absolute Gasteiger partial charge is 0.255 e. The summed E-state index contributed by atoms with van der Waals surface area (Å²) in [5.41, 5.74) is 0.769. The van der Waals surface area contributed by atoms with Crippen LogP contribution < -0.4 is 0 Å².